The Hall–Kier alpha value is -1.41. The molecule has 0 aliphatic heterocycles. The van der Waals surface area contributed by atoms with Gasteiger partial charge in [-0.2, -0.15) is 0 Å². The first-order valence-electron chi connectivity index (χ1n) is 10.1. The first-order chi connectivity index (χ1) is 12.3. The summed E-state index contributed by atoms with van der Waals surface area (Å²) in [4.78, 5) is 13.6. The highest BCUT2D eigenvalue weighted by Crippen LogP contribution is 2.41. The van der Waals surface area contributed by atoms with E-state index in [4.69, 9.17) is 0 Å². The van der Waals surface area contributed by atoms with Crippen LogP contribution in [-0.4, -0.2) is 0 Å². The van der Waals surface area contributed by atoms with Gasteiger partial charge in [-0.1, -0.05) is 85.8 Å². The molecule has 1 fully saturated rings. The minimum atomic E-state index is 0.221. The van der Waals surface area contributed by atoms with Crippen LogP contribution in [0.15, 0.2) is 16.9 Å². The number of allylic oxidation sites excluding steroid dienone is 2. The monoisotopic (exact) mass is 360 g/mol. The molecule has 0 spiro atoms. The minimum Gasteiger partial charge on any atom is -0.289 e. The van der Waals surface area contributed by atoms with Crippen LogP contribution in [0.25, 0.3) is 24.3 Å². The molecule has 0 aromatic carbocycles. The van der Waals surface area contributed by atoms with Gasteiger partial charge in [0.2, 0.25) is 0 Å². The van der Waals surface area contributed by atoms with Gasteiger partial charge in [0, 0.05) is 20.2 Å². The van der Waals surface area contributed by atoms with Crippen LogP contribution >= 0.6 is 11.3 Å². The number of hydrogen-bond donors (Lipinski definition) is 0. The van der Waals surface area contributed by atoms with Crippen molar-refractivity contribution in [2.24, 2.45) is 11.8 Å². The highest BCUT2D eigenvalue weighted by atomic mass is 32.1. The van der Waals surface area contributed by atoms with Crippen molar-refractivity contribution in [3.05, 3.63) is 42.6 Å². The van der Waals surface area contributed by atoms with Crippen molar-refractivity contribution < 1.29 is 0 Å². The summed E-state index contributed by atoms with van der Waals surface area (Å²) in [5.74, 6) is 1.35. The van der Waals surface area contributed by atoms with Gasteiger partial charge in [0.1, 0.15) is 0 Å². The molecule has 0 saturated heterocycles. The minimum absolute atomic E-state index is 0.221. The molecule has 3 aliphatic rings. The van der Waals surface area contributed by atoms with Gasteiger partial charge in [-0.05, 0) is 30.8 Å². The van der Waals surface area contributed by atoms with Crippen LogP contribution in [0.5, 0.6) is 0 Å². The van der Waals surface area contributed by atoms with Crippen molar-refractivity contribution in [1.82, 2.24) is 0 Å². The highest BCUT2D eigenvalue weighted by Gasteiger charge is 2.35. The fourth-order valence-corrected chi connectivity index (χ4v) is 3.81. The Morgan fingerprint density at radius 2 is 1.40 bits per heavy atom. The fourth-order valence-electron chi connectivity index (χ4n) is 2.63. The van der Waals surface area contributed by atoms with E-state index in [9.17, 15) is 4.79 Å². The molecule has 1 heterocycles. The zero-order valence-corrected chi connectivity index (χ0v) is 18.2. The molecule has 1 saturated carbocycles. The molecule has 1 nitrogen and oxygen atoms in total. The maximum atomic E-state index is 12.4. The average molecular weight is 361 g/mol. The van der Waals surface area contributed by atoms with Gasteiger partial charge in [-0.3, -0.25) is 4.79 Å². The fraction of sp³-hybridized carbons (Fsp3) is 0.522. The van der Waals surface area contributed by atoms with E-state index in [1.165, 1.54) is 11.0 Å². The lowest BCUT2D eigenvalue weighted by Crippen LogP contribution is -2.40. The molecule has 3 aliphatic carbocycles. The van der Waals surface area contributed by atoms with Crippen LogP contribution in [0.1, 0.15) is 78.7 Å². The number of hydrogen-bond acceptors (Lipinski definition) is 2. The summed E-state index contributed by atoms with van der Waals surface area (Å²) in [7, 11) is 0. The second-order valence-corrected chi connectivity index (χ2v) is 6.01. The Morgan fingerprint density at radius 3 is 2.04 bits per heavy atom. The second kappa shape index (κ2) is 12.9. The third-order valence-electron chi connectivity index (χ3n) is 3.70. The molecule has 2 atom stereocenters. The van der Waals surface area contributed by atoms with Gasteiger partial charge in [-0.15, -0.1) is 11.3 Å². The third kappa shape index (κ3) is 5.81. The summed E-state index contributed by atoms with van der Waals surface area (Å²) in [5.41, 5.74) is 1.10. The van der Waals surface area contributed by atoms with E-state index in [1.54, 1.807) is 11.3 Å². The molecule has 0 bridgehead atoms. The van der Waals surface area contributed by atoms with Crippen molar-refractivity contribution >= 4 is 35.6 Å². The van der Waals surface area contributed by atoms with E-state index in [1.807, 2.05) is 61.5 Å². The lowest BCUT2D eigenvalue weighted by Gasteiger charge is -2.02. The molecule has 4 rings (SSSR count). The molecule has 140 valence electrons. The maximum absolute atomic E-state index is 12.4. The van der Waals surface area contributed by atoms with E-state index in [0.29, 0.717) is 11.8 Å². The van der Waals surface area contributed by atoms with Crippen LogP contribution in [-0.2, 0) is 0 Å². The maximum Gasteiger partial charge on any atom is 0.195 e. The van der Waals surface area contributed by atoms with Crippen LogP contribution in [0.4, 0.5) is 0 Å². The van der Waals surface area contributed by atoms with Gasteiger partial charge in [0.15, 0.2) is 5.43 Å². The van der Waals surface area contributed by atoms with Gasteiger partial charge in [0.25, 0.3) is 0 Å². The molecular formula is C23H36OS. The SMILES string of the molecule is CC.CC.CC.CC.O=c1c2c(sc3c1=CC1CC1C=3)C=CCC=C2. The summed E-state index contributed by atoms with van der Waals surface area (Å²) in [6.07, 6.45) is 14.9. The predicted octanol–water partition coefficient (Wildman–Crippen LogP) is 5.85. The molecular weight excluding hydrogens is 324 g/mol. The molecule has 2 heteroatoms. The average Bonchev–Trinajstić information content (AvgIpc) is 3.50. The van der Waals surface area contributed by atoms with Crippen LogP contribution in [0.2, 0.25) is 0 Å². The molecule has 1 aromatic heterocycles. The third-order valence-corrected chi connectivity index (χ3v) is 4.86. The normalized spacial score (nSPS) is 19.4. The second-order valence-electron chi connectivity index (χ2n) is 4.92. The Balaban J connectivity index is 0.000000642. The van der Waals surface area contributed by atoms with Crippen molar-refractivity contribution in [2.45, 2.75) is 68.2 Å². The Kier molecular flexibility index (Phi) is 12.2. The van der Waals surface area contributed by atoms with Crippen molar-refractivity contribution in [1.29, 1.82) is 0 Å². The lowest BCUT2D eigenvalue weighted by molar-refractivity contribution is 1.06. The number of rotatable bonds is 0. The first-order valence-corrected chi connectivity index (χ1v) is 10.9. The Labute approximate surface area is 158 Å². The van der Waals surface area contributed by atoms with E-state index in [-0.39, 0.29) is 5.43 Å². The van der Waals surface area contributed by atoms with Gasteiger partial charge < -0.3 is 0 Å². The zero-order valence-electron chi connectivity index (χ0n) is 17.3. The molecule has 0 amide bonds. The van der Waals surface area contributed by atoms with E-state index >= 15 is 0 Å². The van der Waals surface area contributed by atoms with Crippen molar-refractivity contribution in [2.75, 3.05) is 0 Å². The lowest BCUT2D eigenvalue weighted by atomic mass is 10.1. The first kappa shape index (κ1) is 23.6. The van der Waals surface area contributed by atoms with Crippen molar-refractivity contribution in [3.8, 4) is 0 Å². The summed E-state index contributed by atoms with van der Waals surface area (Å²) in [6, 6.07) is 0. The summed E-state index contributed by atoms with van der Waals surface area (Å²) >= 11 is 1.76. The van der Waals surface area contributed by atoms with E-state index in [0.717, 1.165) is 22.1 Å². The highest BCUT2D eigenvalue weighted by molar-refractivity contribution is 7.10. The van der Waals surface area contributed by atoms with Crippen molar-refractivity contribution in [3.63, 3.8) is 0 Å². The van der Waals surface area contributed by atoms with Gasteiger partial charge in [0.05, 0.1) is 0 Å². The summed E-state index contributed by atoms with van der Waals surface area (Å²) < 4.78 is 1.19. The molecule has 25 heavy (non-hydrogen) atoms. The topological polar surface area (TPSA) is 17.1 Å². The quantitative estimate of drug-likeness (QED) is 0.567. The van der Waals surface area contributed by atoms with Gasteiger partial charge in [-0.25, -0.2) is 0 Å². The number of fused-ring (bicyclic) bond motifs is 3. The summed E-state index contributed by atoms with van der Waals surface area (Å²) in [5, 5.41) is 0.951. The standard InChI is InChI=1S/C15H12OS.4C2H6/c16-15-11-4-2-1-3-5-13(11)17-14-8-10-6-9(10)7-12(14)15;4*1-2/h2-5,7-10H,1,6H2;4*1-2H3. The molecule has 0 N–H and O–H groups in total. The molecule has 0 radical (unpaired) electrons. The van der Waals surface area contributed by atoms with Crippen LogP contribution in [0, 0.1) is 11.8 Å². The van der Waals surface area contributed by atoms with E-state index in [2.05, 4.69) is 30.4 Å². The van der Waals surface area contributed by atoms with Crippen LogP contribution < -0.4 is 15.2 Å². The Morgan fingerprint density at radius 1 is 0.840 bits per heavy atom. The molecule has 2 unspecified atom stereocenters. The summed E-state index contributed by atoms with van der Waals surface area (Å²) in [6.45, 7) is 16.0. The van der Waals surface area contributed by atoms with E-state index < -0.39 is 0 Å². The van der Waals surface area contributed by atoms with Gasteiger partial charge >= 0.3 is 0 Å². The molecule has 1 aromatic rings. The van der Waals surface area contributed by atoms with Crippen LogP contribution in [0.3, 0.4) is 0 Å². The predicted molar refractivity (Wildman–Crippen MR) is 118 cm³/mol. The smallest absolute Gasteiger partial charge is 0.195 e. The largest absolute Gasteiger partial charge is 0.289 e. The Bertz CT molecular complexity index is 735. The zero-order chi connectivity index (χ0) is 19.4.